The first kappa shape index (κ1) is 10.8. The van der Waals surface area contributed by atoms with Gasteiger partial charge >= 0.3 is 0 Å². The number of oxazole rings is 1. The summed E-state index contributed by atoms with van der Waals surface area (Å²) in [5.74, 6) is 0.326. The Labute approximate surface area is 92.6 Å². The van der Waals surface area contributed by atoms with Crippen LogP contribution in [0.2, 0.25) is 0 Å². The predicted molar refractivity (Wildman–Crippen MR) is 56.5 cm³/mol. The van der Waals surface area contributed by atoms with Crippen molar-refractivity contribution in [3.8, 4) is 0 Å². The number of nitrogens with zero attached hydrogens (tertiary/aromatic N) is 1. The summed E-state index contributed by atoms with van der Waals surface area (Å²) in [6.07, 6.45) is 2.56. The van der Waals surface area contributed by atoms with Crippen LogP contribution in [-0.2, 0) is 12.8 Å². The highest BCUT2D eigenvalue weighted by molar-refractivity contribution is 5.19. The topological polar surface area (TPSA) is 46.3 Å². The molecular weight excluding hydrogens is 209 g/mol. The van der Waals surface area contributed by atoms with Gasteiger partial charge in [-0.1, -0.05) is 12.1 Å². The molecule has 0 aliphatic rings. The quantitative estimate of drug-likeness (QED) is 0.858. The van der Waals surface area contributed by atoms with E-state index in [9.17, 15) is 4.39 Å². The molecule has 2 aromatic rings. The smallest absolute Gasteiger partial charge is 0.198 e. The zero-order chi connectivity index (χ0) is 11.4. The Morgan fingerprint density at radius 3 is 2.69 bits per heavy atom. The molecule has 0 spiro atoms. The van der Waals surface area contributed by atoms with Gasteiger partial charge in [0.1, 0.15) is 12.1 Å². The molecule has 0 aliphatic heterocycles. The van der Waals surface area contributed by atoms with E-state index in [4.69, 9.17) is 9.52 Å². The van der Waals surface area contributed by atoms with Crippen molar-refractivity contribution < 1.29 is 13.9 Å². The van der Waals surface area contributed by atoms with Crippen LogP contribution >= 0.6 is 0 Å². The van der Waals surface area contributed by atoms with Crippen molar-refractivity contribution in [1.82, 2.24) is 4.98 Å². The second-order valence-corrected chi connectivity index (χ2v) is 3.51. The molecule has 3 nitrogen and oxygen atoms in total. The van der Waals surface area contributed by atoms with Crippen molar-refractivity contribution in [2.75, 3.05) is 6.61 Å². The molecule has 16 heavy (non-hydrogen) atoms. The maximum Gasteiger partial charge on any atom is 0.198 e. The monoisotopic (exact) mass is 221 g/mol. The third-order valence-corrected chi connectivity index (χ3v) is 2.24. The molecule has 1 heterocycles. The van der Waals surface area contributed by atoms with Crippen LogP contribution in [-0.4, -0.2) is 16.7 Å². The molecule has 84 valence electrons. The van der Waals surface area contributed by atoms with E-state index >= 15 is 0 Å². The lowest BCUT2D eigenvalue weighted by Gasteiger charge is -1.96. The van der Waals surface area contributed by atoms with Gasteiger partial charge in [0.2, 0.25) is 0 Å². The highest BCUT2D eigenvalue weighted by Gasteiger charge is 2.04. The number of aliphatic hydroxyl groups excluding tert-OH is 1. The lowest BCUT2D eigenvalue weighted by atomic mass is 10.1. The SMILES string of the molecule is OCCc1coc(Cc2ccc(F)cc2)n1. The van der Waals surface area contributed by atoms with E-state index in [0.29, 0.717) is 18.7 Å². The molecule has 1 aromatic heterocycles. The normalized spacial score (nSPS) is 10.6. The van der Waals surface area contributed by atoms with E-state index in [0.717, 1.165) is 11.3 Å². The van der Waals surface area contributed by atoms with Gasteiger partial charge in [-0.25, -0.2) is 9.37 Å². The fraction of sp³-hybridized carbons (Fsp3) is 0.250. The summed E-state index contributed by atoms with van der Waals surface area (Å²) < 4.78 is 17.9. The maximum atomic E-state index is 12.7. The molecule has 1 N–H and O–H groups in total. The fourth-order valence-electron chi connectivity index (χ4n) is 1.44. The molecule has 0 atom stereocenters. The van der Waals surface area contributed by atoms with Gasteiger partial charge in [-0.3, -0.25) is 0 Å². The van der Waals surface area contributed by atoms with Crippen molar-refractivity contribution in [3.05, 3.63) is 53.5 Å². The van der Waals surface area contributed by atoms with E-state index in [2.05, 4.69) is 4.98 Å². The second kappa shape index (κ2) is 4.90. The first-order chi connectivity index (χ1) is 7.78. The van der Waals surface area contributed by atoms with E-state index in [1.54, 1.807) is 12.1 Å². The summed E-state index contributed by atoms with van der Waals surface area (Å²) in [5, 5.41) is 8.73. The molecule has 0 aliphatic carbocycles. The molecule has 0 fully saturated rings. The van der Waals surface area contributed by atoms with Crippen LogP contribution in [0, 0.1) is 5.82 Å². The molecular formula is C12H12FNO2. The van der Waals surface area contributed by atoms with Crippen LogP contribution in [0.3, 0.4) is 0 Å². The number of hydrogen-bond acceptors (Lipinski definition) is 3. The highest BCUT2D eigenvalue weighted by atomic mass is 19.1. The molecule has 1 aromatic carbocycles. The minimum absolute atomic E-state index is 0.0581. The van der Waals surface area contributed by atoms with Crippen LogP contribution in [0.1, 0.15) is 17.1 Å². The van der Waals surface area contributed by atoms with Gasteiger partial charge < -0.3 is 9.52 Å². The fourth-order valence-corrected chi connectivity index (χ4v) is 1.44. The number of aliphatic hydroxyl groups is 1. The predicted octanol–water partition coefficient (Wildman–Crippen LogP) is 1.94. The van der Waals surface area contributed by atoms with Gasteiger partial charge in [0, 0.05) is 19.4 Å². The lowest BCUT2D eigenvalue weighted by molar-refractivity contribution is 0.298. The summed E-state index contributed by atoms with van der Waals surface area (Å²) in [6, 6.07) is 6.22. The van der Waals surface area contributed by atoms with Crippen LogP contribution in [0.4, 0.5) is 4.39 Å². The number of benzene rings is 1. The van der Waals surface area contributed by atoms with E-state index in [1.165, 1.54) is 18.4 Å². The Bertz CT molecular complexity index is 450. The third-order valence-electron chi connectivity index (χ3n) is 2.24. The largest absolute Gasteiger partial charge is 0.448 e. The van der Waals surface area contributed by atoms with Crippen LogP contribution in [0.15, 0.2) is 34.9 Å². The Hall–Kier alpha value is -1.68. The highest BCUT2D eigenvalue weighted by Crippen LogP contribution is 2.10. The van der Waals surface area contributed by atoms with Crippen LogP contribution in [0.25, 0.3) is 0 Å². The number of aromatic nitrogens is 1. The minimum atomic E-state index is -0.253. The number of hydrogen-bond donors (Lipinski definition) is 1. The van der Waals surface area contributed by atoms with Gasteiger partial charge in [-0.05, 0) is 17.7 Å². The van der Waals surface area contributed by atoms with E-state index in [-0.39, 0.29) is 12.4 Å². The van der Waals surface area contributed by atoms with Gasteiger partial charge in [-0.15, -0.1) is 0 Å². The van der Waals surface area contributed by atoms with Crippen LogP contribution < -0.4 is 0 Å². The second-order valence-electron chi connectivity index (χ2n) is 3.51. The summed E-state index contributed by atoms with van der Waals surface area (Å²) >= 11 is 0. The molecule has 2 rings (SSSR count). The van der Waals surface area contributed by atoms with Crippen molar-refractivity contribution in [2.45, 2.75) is 12.8 Å². The first-order valence-corrected chi connectivity index (χ1v) is 5.06. The Morgan fingerprint density at radius 2 is 2.00 bits per heavy atom. The third kappa shape index (κ3) is 2.67. The van der Waals surface area contributed by atoms with Gasteiger partial charge in [0.15, 0.2) is 5.89 Å². The zero-order valence-corrected chi connectivity index (χ0v) is 8.69. The van der Waals surface area contributed by atoms with Crippen molar-refractivity contribution in [1.29, 1.82) is 0 Å². The summed E-state index contributed by atoms with van der Waals surface area (Å²) in [7, 11) is 0. The van der Waals surface area contributed by atoms with Crippen molar-refractivity contribution in [3.63, 3.8) is 0 Å². The maximum absolute atomic E-state index is 12.7. The minimum Gasteiger partial charge on any atom is -0.448 e. The summed E-state index contributed by atoms with van der Waals surface area (Å²) in [6.45, 7) is 0.0581. The Morgan fingerprint density at radius 1 is 1.25 bits per heavy atom. The average molecular weight is 221 g/mol. The summed E-state index contributed by atoms with van der Waals surface area (Å²) in [4.78, 5) is 4.20. The van der Waals surface area contributed by atoms with Gasteiger partial charge in [0.25, 0.3) is 0 Å². The zero-order valence-electron chi connectivity index (χ0n) is 8.69. The van der Waals surface area contributed by atoms with E-state index < -0.39 is 0 Å². The van der Waals surface area contributed by atoms with E-state index in [1.807, 2.05) is 0 Å². The summed E-state index contributed by atoms with van der Waals surface area (Å²) in [5.41, 5.74) is 1.68. The first-order valence-electron chi connectivity index (χ1n) is 5.06. The molecule has 4 heteroatoms. The lowest BCUT2D eigenvalue weighted by Crippen LogP contribution is -1.92. The molecule has 0 bridgehead atoms. The molecule has 0 amide bonds. The average Bonchev–Trinajstić information content (AvgIpc) is 2.70. The van der Waals surface area contributed by atoms with Gasteiger partial charge in [0.05, 0.1) is 5.69 Å². The van der Waals surface area contributed by atoms with Gasteiger partial charge in [-0.2, -0.15) is 0 Å². The molecule has 0 saturated carbocycles. The molecule has 0 unspecified atom stereocenters. The van der Waals surface area contributed by atoms with Crippen LogP contribution in [0.5, 0.6) is 0 Å². The Kier molecular flexibility index (Phi) is 3.31. The molecule has 0 radical (unpaired) electrons. The van der Waals surface area contributed by atoms with Crippen molar-refractivity contribution in [2.24, 2.45) is 0 Å². The standard InChI is InChI=1S/C12H12FNO2/c13-10-3-1-9(2-4-10)7-12-14-11(5-6-15)8-16-12/h1-4,8,15H,5-7H2. The number of rotatable bonds is 4. The van der Waals surface area contributed by atoms with Crippen molar-refractivity contribution >= 4 is 0 Å². The molecule has 0 saturated heterocycles. The Balaban J connectivity index is 2.05. The number of halogens is 1.